The zero-order chi connectivity index (χ0) is 10.9. The molecule has 76 valence electrons. The molecule has 0 saturated heterocycles. The second-order valence-electron chi connectivity index (χ2n) is 2.03. The van der Waals surface area contributed by atoms with Gasteiger partial charge in [0.15, 0.2) is 0 Å². The first-order chi connectivity index (χ1) is 5.90. The Bertz CT molecular complexity index is 187. The standard InChI is InChI=1S/C5H10N2O2.C2H4O2/c1-2-9-5(8)3-4(6)7;1-2(3)4/h2-3H2,1H3,(H3,6,7);1H3,(H,3,4). The molecule has 0 unspecified atom stereocenters. The second kappa shape index (κ2) is 8.51. The van der Waals surface area contributed by atoms with Gasteiger partial charge in [-0.25, -0.2) is 0 Å². The maximum Gasteiger partial charge on any atom is 0.313 e. The SMILES string of the molecule is CC(=O)O.CCOC(=O)CC(=N)N. The van der Waals surface area contributed by atoms with E-state index in [2.05, 4.69) is 4.74 Å². The van der Waals surface area contributed by atoms with Gasteiger partial charge in [-0.15, -0.1) is 0 Å². The number of nitrogens with two attached hydrogens (primary N) is 1. The van der Waals surface area contributed by atoms with Gasteiger partial charge < -0.3 is 15.6 Å². The molecular weight excluding hydrogens is 176 g/mol. The first-order valence-electron chi connectivity index (χ1n) is 3.58. The molecule has 0 fully saturated rings. The second-order valence-corrected chi connectivity index (χ2v) is 2.03. The van der Waals surface area contributed by atoms with Crippen LogP contribution in [0.4, 0.5) is 0 Å². The van der Waals surface area contributed by atoms with Crippen molar-refractivity contribution in [1.29, 1.82) is 5.41 Å². The number of carboxylic acids is 1. The molecule has 0 aliphatic rings. The van der Waals surface area contributed by atoms with Gasteiger partial charge in [0.1, 0.15) is 12.3 Å². The van der Waals surface area contributed by atoms with Crippen molar-refractivity contribution < 1.29 is 19.4 Å². The van der Waals surface area contributed by atoms with Crippen molar-refractivity contribution in [1.82, 2.24) is 0 Å². The fourth-order valence-electron chi connectivity index (χ4n) is 0.368. The van der Waals surface area contributed by atoms with Crippen LogP contribution in [0.5, 0.6) is 0 Å². The summed E-state index contributed by atoms with van der Waals surface area (Å²) in [7, 11) is 0. The van der Waals surface area contributed by atoms with Crippen molar-refractivity contribution in [2.45, 2.75) is 20.3 Å². The van der Waals surface area contributed by atoms with Crippen molar-refractivity contribution in [2.24, 2.45) is 5.73 Å². The third-order valence-electron chi connectivity index (χ3n) is 0.640. The van der Waals surface area contributed by atoms with Gasteiger partial charge >= 0.3 is 5.97 Å². The summed E-state index contributed by atoms with van der Waals surface area (Å²) in [5.41, 5.74) is 4.91. The number of aliphatic carboxylic acids is 1. The Kier molecular flexibility index (Phi) is 9.14. The van der Waals surface area contributed by atoms with Crippen molar-refractivity contribution in [3.8, 4) is 0 Å². The highest BCUT2D eigenvalue weighted by atomic mass is 16.5. The molecule has 0 aromatic rings. The number of hydrogen-bond donors (Lipinski definition) is 3. The minimum Gasteiger partial charge on any atom is -0.481 e. The van der Waals surface area contributed by atoms with Gasteiger partial charge in [0.2, 0.25) is 0 Å². The molecule has 0 amide bonds. The first-order valence-corrected chi connectivity index (χ1v) is 3.58. The molecule has 0 aliphatic carbocycles. The number of esters is 1. The zero-order valence-electron chi connectivity index (χ0n) is 7.66. The Hall–Kier alpha value is -1.59. The van der Waals surface area contributed by atoms with E-state index < -0.39 is 11.9 Å². The molecule has 0 aliphatic heterocycles. The summed E-state index contributed by atoms with van der Waals surface area (Å²) in [5.74, 6) is -1.43. The smallest absolute Gasteiger partial charge is 0.313 e. The maximum absolute atomic E-state index is 10.4. The van der Waals surface area contributed by atoms with Crippen LogP contribution < -0.4 is 5.73 Å². The Balaban J connectivity index is 0. The van der Waals surface area contributed by atoms with Gasteiger partial charge in [-0.3, -0.25) is 15.0 Å². The van der Waals surface area contributed by atoms with Gasteiger partial charge in [0.25, 0.3) is 5.97 Å². The topological polar surface area (TPSA) is 113 Å². The van der Waals surface area contributed by atoms with Crippen LogP contribution in [-0.4, -0.2) is 29.5 Å². The number of hydrogen-bond acceptors (Lipinski definition) is 4. The quantitative estimate of drug-likeness (QED) is 0.328. The van der Waals surface area contributed by atoms with Gasteiger partial charge in [0.05, 0.1) is 6.61 Å². The Morgan fingerprint density at radius 3 is 2.15 bits per heavy atom. The highest BCUT2D eigenvalue weighted by Gasteiger charge is 2.01. The lowest BCUT2D eigenvalue weighted by Gasteiger charge is -1.97. The van der Waals surface area contributed by atoms with Crippen LogP contribution >= 0.6 is 0 Å². The molecule has 4 N–H and O–H groups in total. The van der Waals surface area contributed by atoms with Gasteiger partial charge in [0, 0.05) is 6.92 Å². The average Bonchev–Trinajstić information content (AvgIpc) is 1.83. The van der Waals surface area contributed by atoms with E-state index in [0.717, 1.165) is 6.92 Å². The molecule has 6 heteroatoms. The van der Waals surface area contributed by atoms with Crippen LogP contribution in [0.3, 0.4) is 0 Å². The molecule has 0 rings (SSSR count). The molecule has 0 bridgehead atoms. The van der Waals surface area contributed by atoms with Crippen LogP contribution in [0.25, 0.3) is 0 Å². The van der Waals surface area contributed by atoms with Crippen molar-refractivity contribution >= 4 is 17.8 Å². The Morgan fingerprint density at radius 2 is 1.92 bits per heavy atom. The number of carboxylic acid groups (broad SMARTS) is 1. The molecule has 6 nitrogen and oxygen atoms in total. The van der Waals surface area contributed by atoms with Crippen molar-refractivity contribution in [2.75, 3.05) is 6.61 Å². The van der Waals surface area contributed by atoms with E-state index in [0.29, 0.717) is 6.61 Å². The molecule has 0 radical (unpaired) electrons. The number of carbonyl (C=O) groups excluding carboxylic acids is 1. The lowest BCUT2D eigenvalue weighted by Crippen LogP contribution is -2.17. The van der Waals surface area contributed by atoms with E-state index in [4.69, 9.17) is 21.0 Å². The third kappa shape index (κ3) is 25.2. The zero-order valence-corrected chi connectivity index (χ0v) is 7.66. The van der Waals surface area contributed by atoms with E-state index >= 15 is 0 Å². The Labute approximate surface area is 76.2 Å². The molecule has 0 spiro atoms. The average molecular weight is 190 g/mol. The van der Waals surface area contributed by atoms with E-state index in [1.165, 1.54) is 0 Å². The molecule has 0 aromatic heterocycles. The minimum absolute atomic E-state index is 0.103. The number of amidine groups is 1. The fourth-order valence-corrected chi connectivity index (χ4v) is 0.368. The molecule has 13 heavy (non-hydrogen) atoms. The normalized spacial score (nSPS) is 7.85. The summed E-state index contributed by atoms with van der Waals surface area (Å²) in [6.45, 7) is 3.13. The molecule has 0 heterocycles. The summed E-state index contributed by atoms with van der Waals surface area (Å²) >= 11 is 0. The molecule has 0 atom stereocenters. The Morgan fingerprint density at radius 1 is 1.54 bits per heavy atom. The summed E-state index contributed by atoms with van der Waals surface area (Å²) in [6, 6.07) is 0. The lowest BCUT2D eigenvalue weighted by atomic mass is 10.4. The largest absolute Gasteiger partial charge is 0.481 e. The van der Waals surface area contributed by atoms with E-state index in [-0.39, 0.29) is 12.3 Å². The summed E-state index contributed by atoms with van der Waals surface area (Å²) < 4.78 is 4.49. The molecule has 0 aromatic carbocycles. The highest BCUT2D eigenvalue weighted by molar-refractivity contribution is 5.94. The van der Waals surface area contributed by atoms with Crippen LogP contribution in [0.1, 0.15) is 20.3 Å². The number of carbonyl (C=O) groups is 2. The third-order valence-corrected chi connectivity index (χ3v) is 0.640. The van der Waals surface area contributed by atoms with Crippen LogP contribution in [0, 0.1) is 5.41 Å². The predicted octanol–water partition coefficient (Wildman–Crippen LogP) is -0.0335. The van der Waals surface area contributed by atoms with Crippen LogP contribution in [-0.2, 0) is 14.3 Å². The number of rotatable bonds is 3. The van der Waals surface area contributed by atoms with E-state index in [1.54, 1.807) is 6.92 Å². The summed E-state index contributed by atoms with van der Waals surface area (Å²) in [4.78, 5) is 19.4. The highest BCUT2D eigenvalue weighted by Crippen LogP contribution is 1.83. The van der Waals surface area contributed by atoms with Crippen LogP contribution in [0.2, 0.25) is 0 Å². The summed E-state index contributed by atoms with van der Waals surface area (Å²) in [5, 5.41) is 14.1. The molecular formula is C7H14N2O4. The van der Waals surface area contributed by atoms with Crippen LogP contribution in [0.15, 0.2) is 0 Å². The number of nitrogens with one attached hydrogen (secondary N) is 1. The van der Waals surface area contributed by atoms with Gasteiger partial charge in [-0.05, 0) is 6.92 Å². The van der Waals surface area contributed by atoms with E-state index in [9.17, 15) is 4.79 Å². The van der Waals surface area contributed by atoms with E-state index in [1.807, 2.05) is 0 Å². The predicted molar refractivity (Wildman–Crippen MR) is 46.5 cm³/mol. The number of ether oxygens (including phenoxy) is 1. The minimum atomic E-state index is -0.833. The van der Waals surface area contributed by atoms with Crippen molar-refractivity contribution in [3.63, 3.8) is 0 Å². The van der Waals surface area contributed by atoms with Gasteiger partial charge in [-0.1, -0.05) is 0 Å². The lowest BCUT2D eigenvalue weighted by molar-refractivity contribution is -0.141. The maximum atomic E-state index is 10.4. The summed E-state index contributed by atoms with van der Waals surface area (Å²) in [6.07, 6.45) is -0.103. The first kappa shape index (κ1) is 14.0. The fraction of sp³-hybridized carbons (Fsp3) is 0.571. The van der Waals surface area contributed by atoms with Crippen molar-refractivity contribution in [3.05, 3.63) is 0 Å². The monoisotopic (exact) mass is 190 g/mol. The van der Waals surface area contributed by atoms with Gasteiger partial charge in [-0.2, -0.15) is 0 Å². The molecule has 0 saturated carbocycles.